The molecule has 0 unspecified atom stereocenters. The molecule has 4 rings (SSSR count). The summed E-state index contributed by atoms with van der Waals surface area (Å²) in [5.41, 5.74) is 5.96. The van der Waals surface area contributed by atoms with Gasteiger partial charge in [-0.2, -0.15) is 5.26 Å². The van der Waals surface area contributed by atoms with Crippen molar-refractivity contribution in [3.8, 4) is 17.5 Å². The van der Waals surface area contributed by atoms with Crippen molar-refractivity contribution in [3.63, 3.8) is 0 Å². The lowest BCUT2D eigenvalue weighted by molar-refractivity contribution is 0.414. The molecule has 0 aliphatic carbocycles. The van der Waals surface area contributed by atoms with Crippen molar-refractivity contribution < 1.29 is 4.74 Å². The number of nitriles is 1. The zero-order valence-electron chi connectivity index (χ0n) is 16.8. The van der Waals surface area contributed by atoms with Gasteiger partial charge < -0.3 is 9.30 Å². The summed E-state index contributed by atoms with van der Waals surface area (Å²) in [7, 11) is 1.67. The third-order valence-corrected chi connectivity index (χ3v) is 5.30. The van der Waals surface area contributed by atoms with Crippen molar-refractivity contribution >= 4 is 22.4 Å². The minimum atomic E-state index is 0.664. The van der Waals surface area contributed by atoms with Gasteiger partial charge in [0.05, 0.1) is 18.8 Å². The molecule has 3 heteroatoms. The maximum Gasteiger partial charge on any atom is 0.119 e. The number of aromatic nitrogens is 1. The fourth-order valence-electron chi connectivity index (χ4n) is 3.85. The van der Waals surface area contributed by atoms with Crippen molar-refractivity contribution in [2.45, 2.75) is 13.8 Å². The topological polar surface area (TPSA) is 38.0 Å². The summed E-state index contributed by atoms with van der Waals surface area (Å²) in [4.78, 5) is 0. The molecule has 0 atom stereocenters. The third kappa shape index (κ3) is 3.41. The van der Waals surface area contributed by atoms with Crippen LogP contribution in [0.3, 0.4) is 0 Å². The second-order valence-corrected chi connectivity index (χ2v) is 7.06. The van der Waals surface area contributed by atoms with E-state index in [-0.39, 0.29) is 0 Å². The maximum absolute atomic E-state index is 9.90. The van der Waals surface area contributed by atoms with Gasteiger partial charge in [-0.05, 0) is 66.6 Å². The van der Waals surface area contributed by atoms with Gasteiger partial charge in [0, 0.05) is 22.6 Å². The van der Waals surface area contributed by atoms with Crippen LogP contribution in [0.1, 0.15) is 22.5 Å². The number of nitrogens with zero attached hydrogens (tertiary/aromatic N) is 2. The van der Waals surface area contributed by atoms with Gasteiger partial charge >= 0.3 is 0 Å². The molecule has 1 heterocycles. The molecule has 0 fully saturated rings. The van der Waals surface area contributed by atoms with E-state index in [9.17, 15) is 5.26 Å². The second-order valence-electron chi connectivity index (χ2n) is 7.06. The molecule has 0 saturated heterocycles. The van der Waals surface area contributed by atoms with E-state index in [0.29, 0.717) is 5.57 Å². The van der Waals surface area contributed by atoms with Crippen molar-refractivity contribution in [2.24, 2.45) is 0 Å². The van der Waals surface area contributed by atoms with Crippen LogP contribution in [0.4, 0.5) is 0 Å². The fourth-order valence-corrected chi connectivity index (χ4v) is 3.85. The SMILES string of the molecule is COc1ccc(-n2c(C)cc(/C=C(\C#N)c3cccc4ccccc34)c2C)cc1. The first-order chi connectivity index (χ1) is 14.1. The van der Waals surface area contributed by atoms with E-state index in [2.05, 4.69) is 48.7 Å². The highest BCUT2D eigenvalue weighted by molar-refractivity contribution is 6.01. The molecule has 0 bridgehead atoms. The van der Waals surface area contributed by atoms with E-state index in [1.165, 1.54) is 0 Å². The summed E-state index contributed by atoms with van der Waals surface area (Å²) in [5, 5.41) is 12.1. The Hall–Kier alpha value is -3.77. The fraction of sp³-hybridized carbons (Fsp3) is 0.115. The zero-order chi connectivity index (χ0) is 20.4. The average molecular weight is 378 g/mol. The number of aryl methyl sites for hydroxylation is 1. The first-order valence-corrected chi connectivity index (χ1v) is 9.55. The molecular weight excluding hydrogens is 356 g/mol. The molecule has 29 heavy (non-hydrogen) atoms. The molecule has 0 aliphatic rings. The average Bonchev–Trinajstić information content (AvgIpc) is 3.04. The summed E-state index contributed by atoms with van der Waals surface area (Å²) in [6.07, 6.45) is 1.99. The first kappa shape index (κ1) is 18.6. The normalized spacial score (nSPS) is 11.4. The summed E-state index contributed by atoms with van der Waals surface area (Å²) in [6, 6.07) is 26.8. The van der Waals surface area contributed by atoms with E-state index in [1.54, 1.807) is 7.11 Å². The van der Waals surface area contributed by atoms with Crippen molar-refractivity contribution in [3.05, 3.63) is 95.3 Å². The van der Waals surface area contributed by atoms with E-state index >= 15 is 0 Å². The number of benzene rings is 3. The Balaban J connectivity index is 1.82. The number of hydrogen-bond donors (Lipinski definition) is 0. The van der Waals surface area contributed by atoms with Crippen LogP contribution < -0.4 is 4.74 Å². The first-order valence-electron chi connectivity index (χ1n) is 9.55. The molecule has 0 saturated carbocycles. The summed E-state index contributed by atoms with van der Waals surface area (Å²) >= 11 is 0. The van der Waals surface area contributed by atoms with Crippen LogP contribution in [-0.4, -0.2) is 11.7 Å². The Morgan fingerprint density at radius 2 is 1.69 bits per heavy atom. The lowest BCUT2D eigenvalue weighted by atomic mass is 9.97. The quantitative estimate of drug-likeness (QED) is 0.390. The Morgan fingerprint density at radius 1 is 0.966 bits per heavy atom. The van der Waals surface area contributed by atoms with Crippen molar-refractivity contribution in [1.29, 1.82) is 5.26 Å². The predicted molar refractivity (Wildman–Crippen MR) is 119 cm³/mol. The van der Waals surface area contributed by atoms with Crippen molar-refractivity contribution in [1.82, 2.24) is 4.57 Å². The van der Waals surface area contributed by atoms with Crippen LogP contribution in [0.2, 0.25) is 0 Å². The van der Waals surface area contributed by atoms with Crippen molar-refractivity contribution in [2.75, 3.05) is 7.11 Å². The Labute approximate surface area is 171 Å². The van der Waals surface area contributed by atoms with E-state index in [1.807, 2.05) is 54.6 Å². The smallest absolute Gasteiger partial charge is 0.119 e. The molecule has 0 amide bonds. The molecule has 0 N–H and O–H groups in total. The maximum atomic E-state index is 9.90. The lowest BCUT2D eigenvalue weighted by Crippen LogP contribution is -1.99. The van der Waals surface area contributed by atoms with E-state index in [0.717, 1.165) is 44.7 Å². The molecule has 1 aromatic heterocycles. The number of rotatable bonds is 4. The van der Waals surface area contributed by atoms with Gasteiger partial charge in [0.1, 0.15) is 5.75 Å². The molecule has 3 aromatic carbocycles. The Bertz CT molecular complexity index is 1250. The van der Waals surface area contributed by atoms with Gasteiger partial charge in [-0.1, -0.05) is 42.5 Å². The number of fused-ring (bicyclic) bond motifs is 1. The molecule has 3 nitrogen and oxygen atoms in total. The second kappa shape index (κ2) is 7.69. The highest BCUT2D eigenvalue weighted by atomic mass is 16.5. The van der Waals surface area contributed by atoms with E-state index < -0.39 is 0 Å². The highest BCUT2D eigenvalue weighted by Crippen LogP contribution is 2.29. The summed E-state index contributed by atoms with van der Waals surface area (Å²) in [5.74, 6) is 0.832. The highest BCUT2D eigenvalue weighted by Gasteiger charge is 2.12. The lowest BCUT2D eigenvalue weighted by Gasteiger charge is -2.10. The zero-order valence-corrected chi connectivity index (χ0v) is 16.8. The van der Waals surface area contributed by atoms with Gasteiger partial charge in [-0.3, -0.25) is 0 Å². The van der Waals surface area contributed by atoms with Gasteiger partial charge in [-0.25, -0.2) is 0 Å². The monoisotopic (exact) mass is 378 g/mol. The van der Waals surface area contributed by atoms with Crippen LogP contribution in [0.5, 0.6) is 5.75 Å². The van der Waals surface area contributed by atoms with Crippen LogP contribution in [0, 0.1) is 25.2 Å². The Morgan fingerprint density at radius 3 is 2.41 bits per heavy atom. The standard InChI is InChI=1S/C26H22N2O/c1-18-15-21(19(2)28(18)23-11-13-24(29-3)14-12-23)16-22(17-27)26-10-6-8-20-7-4-5-9-25(20)26/h4-16H,1-3H3/b22-16+. The minimum absolute atomic E-state index is 0.664. The molecule has 4 aromatic rings. The third-order valence-electron chi connectivity index (χ3n) is 5.30. The molecule has 0 spiro atoms. The number of allylic oxidation sites excluding steroid dienone is 1. The van der Waals surface area contributed by atoms with Gasteiger partial charge in [0.15, 0.2) is 0 Å². The predicted octanol–water partition coefficient (Wildman–Crippen LogP) is 6.32. The molecular formula is C26H22N2O. The van der Waals surface area contributed by atoms with E-state index in [4.69, 9.17) is 4.74 Å². The molecule has 0 aliphatic heterocycles. The van der Waals surface area contributed by atoms with Crippen LogP contribution in [0.25, 0.3) is 28.1 Å². The van der Waals surface area contributed by atoms with Gasteiger partial charge in [0.2, 0.25) is 0 Å². The largest absolute Gasteiger partial charge is 0.497 e. The number of hydrogen-bond acceptors (Lipinski definition) is 2. The van der Waals surface area contributed by atoms with Crippen LogP contribution in [-0.2, 0) is 0 Å². The minimum Gasteiger partial charge on any atom is -0.497 e. The van der Waals surface area contributed by atoms with Gasteiger partial charge in [0.25, 0.3) is 0 Å². The number of methoxy groups -OCH3 is 1. The van der Waals surface area contributed by atoms with Crippen LogP contribution >= 0.6 is 0 Å². The summed E-state index contributed by atoms with van der Waals surface area (Å²) in [6.45, 7) is 4.17. The van der Waals surface area contributed by atoms with Crippen LogP contribution in [0.15, 0.2) is 72.8 Å². The molecule has 142 valence electrons. The van der Waals surface area contributed by atoms with Gasteiger partial charge in [-0.15, -0.1) is 0 Å². The Kier molecular flexibility index (Phi) is 4.93. The molecule has 0 radical (unpaired) electrons. The summed E-state index contributed by atoms with van der Waals surface area (Å²) < 4.78 is 7.47. The number of ether oxygens (including phenoxy) is 1.